The van der Waals surface area contributed by atoms with Crippen molar-refractivity contribution in [3.63, 3.8) is 0 Å². The minimum atomic E-state index is -1.93. The molecule has 0 heterocycles. The van der Waals surface area contributed by atoms with E-state index < -0.39 is 18.4 Å². The Balaban J connectivity index is 4.67. The summed E-state index contributed by atoms with van der Waals surface area (Å²) in [7, 11) is 0. The van der Waals surface area contributed by atoms with Crippen LogP contribution in [0.15, 0.2) is 4.99 Å². The summed E-state index contributed by atoms with van der Waals surface area (Å²) < 4.78 is 6.03. The Labute approximate surface area is 120 Å². The average molecular weight is 360 g/mol. The summed E-state index contributed by atoms with van der Waals surface area (Å²) in [5, 5.41) is 0. The number of rotatable bonds is 11. The quantitative estimate of drug-likeness (QED) is 0.324. The van der Waals surface area contributed by atoms with Gasteiger partial charge in [-0.1, -0.05) is 0 Å². The standard InChI is InChI=1S/C4H8N.3C4H9.Sn/c1-4(2)5-3;3*1-3-4-2;/h3H2,1-2H3;3*1,3-4H2,2H3;. The first-order valence-corrected chi connectivity index (χ1v) is 16.1. The second-order valence-corrected chi connectivity index (χ2v) is 19.8. The van der Waals surface area contributed by atoms with Gasteiger partial charge in [-0.25, -0.2) is 0 Å². The summed E-state index contributed by atoms with van der Waals surface area (Å²) in [5.41, 5.74) is 1.29. The summed E-state index contributed by atoms with van der Waals surface area (Å²) in [6.07, 6.45) is 8.48. The van der Waals surface area contributed by atoms with E-state index >= 15 is 0 Å². The van der Waals surface area contributed by atoms with Gasteiger partial charge in [-0.2, -0.15) is 0 Å². The van der Waals surface area contributed by atoms with E-state index in [1.54, 1.807) is 13.3 Å². The van der Waals surface area contributed by atoms with Crippen LogP contribution in [-0.4, -0.2) is 28.6 Å². The van der Waals surface area contributed by atoms with Crippen LogP contribution in [0.1, 0.15) is 73.1 Å². The van der Waals surface area contributed by atoms with E-state index in [-0.39, 0.29) is 0 Å². The molecule has 0 N–H and O–H groups in total. The Hall–Kier alpha value is 0.469. The molecular weight excluding hydrogens is 325 g/mol. The van der Waals surface area contributed by atoms with Crippen molar-refractivity contribution in [1.82, 2.24) is 0 Å². The summed E-state index contributed by atoms with van der Waals surface area (Å²) in [5.74, 6) is 0. The van der Waals surface area contributed by atoms with Crippen LogP contribution in [0, 0.1) is 0 Å². The van der Waals surface area contributed by atoms with Crippen LogP contribution < -0.4 is 0 Å². The third kappa shape index (κ3) is 8.55. The van der Waals surface area contributed by atoms with Crippen LogP contribution in [0.2, 0.25) is 13.3 Å². The van der Waals surface area contributed by atoms with E-state index in [4.69, 9.17) is 4.99 Å². The van der Waals surface area contributed by atoms with Gasteiger partial charge >= 0.3 is 120 Å². The van der Waals surface area contributed by atoms with E-state index in [0.717, 1.165) is 0 Å². The molecule has 0 aliphatic heterocycles. The fourth-order valence-corrected chi connectivity index (χ4v) is 17.4. The monoisotopic (exact) mass is 361 g/mol. The van der Waals surface area contributed by atoms with Crippen molar-refractivity contribution >= 4 is 24.1 Å². The van der Waals surface area contributed by atoms with Crippen molar-refractivity contribution in [3.05, 3.63) is 0 Å². The molecule has 0 radical (unpaired) electrons. The SMILES string of the molecule is CCC[CH2][Sn]([CH2]CCC)([CH2]CCC)[CH2]N=C(C)C. The Morgan fingerprint density at radius 2 is 1.17 bits per heavy atom. The summed E-state index contributed by atoms with van der Waals surface area (Å²) >= 11 is -1.93. The molecule has 0 aromatic carbocycles. The molecule has 0 aromatic heterocycles. The number of hydrogen-bond acceptors (Lipinski definition) is 1. The number of hydrogen-bond donors (Lipinski definition) is 0. The van der Waals surface area contributed by atoms with Crippen molar-refractivity contribution in [3.8, 4) is 0 Å². The molecule has 0 atom stereocenters. The summed E-state index contributed by atoms with van der Waals surface area (Å²) in [6.45, 7) is 11.3. The fraction of sp³-hybridized carbons (Fsp3) is 0.938. The normalized spacial score (nSPS) is 11.6. The van der Waals surface area contributed by atoms with Crippen molar-refractivity contribution in [2.45, 2.75) is 86.5 Å². The first kappa shape index (κ1) is 18.5. The zero-order valence-corrected chi connectivity index (χ0v) is 16.4. The van der Waals surface area contributed by atoms with E-state index in [2.05, 4.69) is 34.6 Å². The van der Waals surface area contributed by atoms with Gasteiger partial charge in [-0.3, -0.25) is 0 Å². The van der Waals surface area contributed by atoms with Gasteiger partial charge < -0.3 is 0 Å². The molecule has 0 amide bonds. The van der Waals surface area contributed by atoms with Gasteiger partial charge in [0.2, 0.25) is 0 Å². The van der Waals surface area contributed by atoms with Crippen LogP contribution >= 0.6 is 0 Å². The van der Waals surface area contributed by atoms with Gasteiger partial charge in [0.15, 0.2) is 0 Å². The van der Waals surface area contributed by atoms with Crippen molar-refractivity contribution in [2.24, 2.45) is 4.99 Å². The topological polar surface area (TPSA) is 12.4 Å². The molecule has 0 rings (SSSR count). The Bertz CT molecular complexity index is 197. The zero-order valence-electron chi connectivity index (χ0n) is 13.5. The Morgan fingerprint density at radius 1 is 0.778 bits per heavy atom. The first-order chi connectivity index (χ1) is 8.60. The molecule has 0 saturated heterocycles. The average Bonchev–Trinajstić information content (AvgIpc) is 2.37. The fourth-order valence-electron chi connectivity index (χ4n) is 2.59. The zero-order chi connectivity index (χ0) is 13.9. The van der Waals surface area contributed by atoms with Gasteiger partial charge in [0, 0.05) is 0 Å². The molecule has 0 spiro atoms. The molecule has 0 aliphatic carbocycles. The van der Waals surface area contributed by atoms with Crippen LogP contribution in [0.4, 0.5) is 0 Å². The molecule has 2 heteroatoms. The number of aliphatic imine (C=N–C) groups is 1. The predicted octanol–water partition coefficient (Wildman–Crippen LogP) is 5.86. The Kier molecular flexibility index (Phi) is 11.6. The van der Waals surface area contributed by atoms with E-state index in [1.165, 1.54) is 48.8 Å². The van der Waals surface area contributed by atoms with Gasteiger partial charge in [0.25, 0.3) is 0 Å². The van der Waals surface area contributed by atoms with E-state index in [1.807, 2.05) is 0 Å². The second kappa shape index (κ2) is 11.3. The first-order valence-electron chi connectivity index (χ1n) is 8.08. The van der Waals surface area contributed by atoms with Gasteiger partial charge in [-0.05, 0) is 0 Å². The molecule has 0 fully saturated rings. The third-order valence-corrected chi connectivity index (χ3v) is 18.4. The van der Waals surface area contributed by atoms with Gasteiger partial charge in [0.05, 0.1) is 0 Å². The summed E-state index contributed by atoms with van der Waals surface area (Å²) in [6, 6.07) is 0. The molecule has 108 valence electrons. The molecule has 0 aromatic rings. The molecule has 0 saturated carbocycles. The molecule has 0 aliphatic rings. The third-order valence-electron chi connectivity index (χ3n) is 3.91. The predicted molar refractivity (Wildman–Crippen MR) is 88.5 cm³/mol. The van der Waals surface area contributed by atoms with Gasteiger partial charge in [0.1, 0.15) is 0 Å². The molecule has 0 bridgehead atoms. The van der Waals surface area contributed by atoms with Crippen LogP contribution in [0.5, 0.6) is 0 Å². The Morgan fingerprint density at radius 3 is 1.44 bits per heavy atom. The second-order valence-electron chi connectivity index (χ2n) is 6.07. The maximum atomic E-state index is 4.87. The van der Waals surface area contributed by atoms with Crippen molar-refractivity contribution < 1.29 is 0 Å². The van der Waals surface area contributed by atoms with Crippen molar-refractivity contribution in [2.75, 3.05) is 4.56 Å². The molecule has 18 heavy (non-hydrogen) atoms. The van der Waals surface area contributed by atoms with Gasteiger partial charge in [-0.15, -0.1) is 0 Å². The molecule has 0 unspecified atom stereocenters. The van der Waals surface area contributed by atoms with Crippen molar-refractivity contribution in [1.29, 1.82) is 0 Å². The van der Waals surface area contributed by atoms with E-state index in [9.17, 15) is 0 Å². The van der Waals surface area contributed by atoms with Crippen LogP contribution in [-0.2, 0) is 0 Å². The minimum absolute atomic E-state index is 1.27. The maximum absolute atomic E-state index is 4.87. The summed E-state index contributed by atoms with van der Waals surface area (Å²) in [4.78, 5) is 4.87. The van der Waals surface area contributed by atoms with E-state index in [0.29, 0.717) is 0 Å². The van der Waals surface area contributed by atoms with Crippen LogP contribution in [0.3, 0.4) is 0 Å². The molecular formula is C16H35NSn. The molecule has 1 nitrogen and oxygen atoms in total. The number of unbranched alkanes of at least 4 members (excludes halogenated alkanes) is 3. The van der Waals surface area contributed by atoms with Crippen LogP contribution in [0.25, 0.3) is 0 Å². The number of nitrogens with zero attached hydrogens (tertiary/aromatic N) is 1.